The summed E-state index contributed by atoms with van der Waals surface area (Å²) in [5.41, 5.74) is 0. The predicted molar refractivity (Wildman–Crippen MR) is 115 cm³/mol. The number of carboxylic acid groups (broad SMARTS) is 2. The van der Waals surface area contributed by atoms with Gasteiger partial charge in [-0.05, 0) is 32.1 Å². The van der Waals surface area contributed by atoms with Crippen molar-refractivity contribution in [3.8, 4) is 0 Å². The molecule has 0 saturated heterocycles. The van der Waals surface area contributed by atoms with Crippen LogP contribution in [-0.2, 0) is 9.59 Å². The third-order valence-electron chi connectivity index (χ3n) is 4.83. The molecule has 0 saturated carbocycles. The van der Waals surface area contributed by atoms with Crippen LogP contribution >= 0.6 is 0 Å². The maximum atomic E-state index is 11.0. The molecule has 0 aromatic rings. The average Bonchev–Trinajstić information content (AvgIpc) is 2.59. The van der Waals surface area contributed by atoms with Crippen LogP contribution in [0.1, 0.15) is 110 Å². The topological polar surface area (TPSA) is 74.6 Å². The first-order valence-electron chi connectivity index (χ1n) is 10.7. The third kappa shape index (κ3) is 21.8. The second-order valence-electron chi connectivity index (χ2n) is 7.36. The Bertz CT molecular complexity index is 383. The van der Waals surface area contributed by atoms with Crippen LogP contribution < -0.4 is 0 Å². The summed E-state index contributed by atoms with van der Waals surface area (Å²) >= 11 is 0. The van der Waals surface area contributed by atoms with Crippen LogP contribution in [-0.4, -0.2) is 51.7 Å². The molecule has 1 atom stereocenters. The summed E-state index contributed by atoms with van der Waals surface area (Å²) in [6.07, 6.45) is 21.9. The fourth-order valence-corrected chi connectivity index (χ4v) is 3.16. The number of carbonyl (C=O) groups is 2. The standard InChI is InChI=1S/C22H40O4.Na.H/c1-2-3-4-5-6-7-8-9-10-11-12-13-14-15-16-17-18-20(22(25)26)19-21(23)24;;/h9-10,20H,2-8,11-19H2,1H3,(H,23,24)(H,25,26);;/b10-9-;;. The number of aliphatic carboxylic acids is 2. The Balaban J connectivity index is 0. The van der Waals surface area contributed by atoms with Crippen LogP contribution in [0.4, 0.5) is 0 Å². The molecule has 0 aromatic carbocycles. The molecule has 0 aliphatic heterocycles. The zero-order valence-electron chi connectivity index (χ0n) is 16.8. The van der Waals surface area contributed by atoms with Crippen molar-refractivity contribution in [1.29, 1.82) is 0 Å². The Labute approximate surface area is 188 Å². The van der Waals surface area contributed by atoms with Gasteiger partial charge in [-0.3, -0.25) is 9.59 Å². The Morgan fingerprint density at radius 3 is 1.63 bits per heavy atom. The summed E-state index contributed by atoms with van der Waals surface area (Å²) < 4.78 is 0. The first-order chi connectivity index (χ1) is 12.6. The van der Waals surface area contributed by atoms with Gasteiger partial charge in [-0.1, -0.05) is 83.3 Å². The summed E-state index contributed by atoms with van der Waals surface area (Å²) in [6.45, 7) is 2.25. The molecule has 0 amide bonds. The van der Waals surface area contributed by atoms with Gasteiger partial charge in [0.1, 0.15) is 0 Å². The van der Waals surface area contributed by atoms with Crippen LogP contribution in [0.3, 0.4) is 0 Å². The van der Waals surface area contributed by atoms with E-state index < -0.39 is 17.9 Å². The van der Waals surface area contributed by atoms with E-state index in [4.69, 9.17) is 10.2 Å². The predicted octanol–water partition coefficient (Wildman–Crippen LogP) is 5.94. The van der Waals surface area contributed by atoms with E-state index in [9.17, 15) is 9.59 Å². The molecule has 0 fully saturated rings. The van der Waals surface area contributed by atoms with E-state index in [0.717, 1.165) is 25.7 Å². The summed E-state index contributed by atoms with van der Waals surface area (Å²) in [5.74, 6) is -2.74. The zero-order valence-corrected chi connectivity index (χ0v) is 16.8. The van der Waals surface area contributed by atoms with Crippen molar-refractivity contribution in [3.63, 3.8) is 0 Å². The normalized spacial score (nSPS) is 12.0. The van der Waals surface area contributed by atoms with Gasteiger partial charge in [0.25, 0.3) is 0 Å². The Hall–Kier alpha value is -0.320. The molecule has 0 aliphatic carbocycles. The molecule has 0 spiro atoms. The summed E-state index contributed by atoms with van der Waals surface area (Å²) in [6, 6.07) is 0. The molecule has 0 aromatic heterocycles. The minimum absolute atomic E-state index is 0. The van der Waals surface area contributed by atoms with Gasteiger partial charge in [0.15, 0.2) is 0 Å². The van der Waals surface area contributed by atoms with Crippen molar-refractivity contribution >= 4 is 41.5 Å². The first-order valence-corrected chi connectivity index (χ1v) is 10.7. The first kappa shape index (κ1) is 28.9. The molecule has 1 unspecified atom stereocenters. The van der Waals surface area contributed by atoms with E-state index >= 15 is 0 Å². The molecule has 2 N–H and O–H groups in total. The van der Waals surface area contributed by atoms with E-state index in [2.05, 4.69) is 19.1 Å². The Morgan fingerprint density at radius 2 is 1.19 bits per heavy atom. The maximum absolute atomic E-state index is 11.0. The molecule has 0 bridgehead atoms. The third-order valence-corrected chi connectivity index (χ3v) is 4.83. The number of rotatable bonds is 19. The number of hydrogen-bond donors (Lipinski definition) is 2. The number of unbranched alkanes of at least 4 members (excludes halogenated alkanes) is 12. The van der Waals surface area contributed by atoms with E-state index in [1.165, 1.54) is 64.2 Å². The van der Waals surface area contributed by atoms with Gasteiger partial charge in [-0.15, -0.1) is 0 Å². The van der Waals surface area contributed by atoms with Crippen molar-refractivity contribution in [2.45, 2.75) is 110 Å². The molecular formula is C22H41NaO4. The number of allylic oxidation sites excluding steroid dienone is 2. The number of carboxylic acids is 2. The van der Waals surface area contributed by atoms with Crippen LogP contribution in [0.15, 0.2) is 12.2 Å². The zero-order chi connectivity index (χ0) is 19.5. The van der Waals surface area contributed by atoms with E-state index in [0.29, 0.717) is 6.42 Å². The molecular weight excluding hydrogens is 351 g/mol. The van der Waals surface area contributed by atoms with E-state index in [1.54, 1.807) is 0 Å². The van der Waals surface area contributed by atoms with Gasteiger partial charge in [0.05, 0.1) is 12.3 Å². The van der Waals surface area contributed by atoms with Crippen LogP contribution in [0.5, 0.6) is 0 Å². The molecule has 5 heteroatoms. The fourth-order valence-electron chi connectivity index (χ4n) is 3.16. The van der Waals surface area contributed by atoms with Crippen molar-refractivity contribution < 1.29 is 19.8 Å². The fraction of sp³-hybridized carbons (Fsp3) is 0.818. The monoisotopic (exact) mass is 392 g/mol. The Kier molecular flexibility index (Phi) is 23.5. The molecule has 0 radical (unpaired) electrons. The van der Waals surface area contributed by atoms with Gasteiger partial charge in [0, 0.05) is 0 Å². The molecule has 27 heavy (non-hydrogen) atoms. The molecule has 0 heterocycles. The minimum atomic E-state index is -1.03. The second kappa shape index (κ2) is 22.0. The van der Waals surface area contributed by atoms with Crippen molar-refractivity contribution in [2.24, 2.45) is 5.92 Å². The van der Waals surface area contributed by atoms with Crippen molar-refractivity contribution in [2.75, 3.05) is 0 Å². The summed E-state index contributed by atoms with van der Waals surface area (Å²) in [7, 11) is 0. The number of hydrogen-bond acceptors (Lipinski definition) is 2. The Morgan fingerprint density at radius 1 is 0.741 bits per heavy atom. The summed E-state index contributed by atoms with van der Waals surface area (Å²) in [4.78, 5) is 21.6. The average molecular weight is 393 g/mol. The van der Waals surface area contributed by atoms with E-state index in [-0.39, 0.29) is 36.0 Å². The SMILES string of the molecule is CCCCCCCC/C=C\CCCCCCCCC(CC(=O)O)C(=O)O.[NaH]. The quantitative estimate of drug-likeness (QED) is 0.162. The molecule has 0 aliphatic rings. The van der Waals surface area contributed by atoms with Gasteiger partial charge in [-0.2, -0.15) is 0 Å². The van der Waals surface area contributed by atoms with Gasteiger partial charge < -0.3 is 10.2 Å². The van der Waals surface area contributed by atoms with Crippen LogP contribution in [0.2, 0.25) is 0 Å². The van der Waals surface area contributed by atoms with Gasteiger partial charge in [0.2, 0.25) is 0 Å². The van der Waals surface area contributed by atoms with Gasteiger partial charge >= 0.3 is 41.5 Å². The van der Waals surface area contributed by atoms with Crippen LogP contribution in [0.25, 0.3) is 0 Å². The molecule has 0 rings (SSSR count). The summed E-state index contributed by atoms with van der Waals surface area (Å²) in [5, 5.41) is 17.7. The van der Waals surface area contributed by atoms with Crippen molar-refractivity contribution in [3.05, 3.63) is 12.2 Å². The second-order valence-corrected chi connectivity index (χ2v) is 7.36. The van der Waals surface area contributed by atoms with E-state index in [1.807, 2.05) is 0 Å². The van der Waals surface area contributed by atoms with Crippen LogP contribution in [0, 0.1) is 5.92 Å². The molecule has 154 valence electrons. The van der Waals surface area contributed by atoms with Gasteiger partial charge in [-0.25, -0.2) is 0 Å². The van der Waals surface area contributed by atoms with Crippen molar-refractivity contribution in [1.82, 2.24) is 0 Å². The molecule has 4 nitrogen and oxygen atoms in total.